The van der Waals surface area contributed by atoms with Crippen LogP contribution >= 0.6 is 0 Å². The average molecular weight is 727 g/mol. The maximum absolute atomic E-state index is 6.79. The summed E-state index contributed by atoms with van der Waals surface area (Å²) in [4.78, 5) is 0. The second-order valence-corrected chi connectivity index (χ2v) is 15.1. The summed E-state index contributed by atoms with van der Waals surface area (Å²) < 4.78 is 19.9. The normalized spacial score (nSPS) is 12.2. The summed E-state index contributed by atoms with van der Waals surface area (Å²) in [6.07, 6.45) is 0. The van der Waals surface area contributed by atoms with Crippen molar-refractivity contribution in [3.8, 4) is 33.4 Å². The van der Waals surface area contributed by atoms with Gasteiger partial charge in [0, 0.05) is 37.7 Å². The van der Waals surface area contributed by atoms with Crippen LogP contribution in [0.2, 0.25) is 0 Å². The number of fused-ring (bicyclic) bond motifs is 14. The van der Waals surface area contributed by atoms with Crippen molar-refractivity contribution in [2.45, 2.75) is 0 Å². The summed E-state index contributed by atoms with van der Waals surface area (Å²) in [5.41, 5.74) is 12.1. The highest BCUT2D eigenvalue weighted by Gasteiger charge is 2.21. The Labute approximate surface area is 325 Å². The van der Waals surface area contributed by atoms with Crippen LogP contribution in [0.5, 0.6) is 0 Å². The van der Waals surface area contributed by atoms with Crippen LogP contribution in [0.1, 0.15) is 0 Å². The molecular weight excluding hydrogens is 697 g/mol. The van der Waals surface area contributed by atoms with Gasteiger partial charge < -0.3 is 13.3 Å². The molecule has 264 valence electrons. The molecule has 3 nitrogen and oxygen atoms in total. The summed E-state index contributed by atoms with van der Waals surface area (Å²) in [6.45, 7) is 0. The molecule has 3 heterocycles. The molecule has 3 aromatic heterocycles. The number of furan rings is 3. The topological polar surface area (TPSA) is 39.4 Å². The van der Waals surface area contributed by atoms with Crippen molar-refractivity contribution in [1.29, 1.82) is 0 Å². The van der Waals surface area contributed by atoms with Gasteiger partial charge >= 0.3 is 0 Å². The van der Waals surface area contributed by atoms with E-state index in [9.17, 15) is 0 Å². The molecule has 0 saturated carbocycles. The molecule has 13 aromatic rings. The van der Waals surface area contributed by atoms with E-state index in [4.69, 9.17) is 13.3 Å². The second-order valence-electron chi connectivity index (χ2n) is 15.1. The van der Waals surface area contributed by atoms with Crippen molar-refractivity contribution in [2.24, 2.45) is 0 Å². The van der Waals surface area contributed by atoms with Gasteiger partial charge in [0.15, 0.2) is 11.2 Å². The number of benzene rings is 10. The summed E-state index contributed by atoms with van der Waals surface area (Å²) >= 11 is 0. The lowest BCUT2D eigenvalue weighted by molar-refractivity contribution is 0.635. The third kappa shape index (κ3) is 4.31. The van der Waals surface area contributed by atoms with E-state index < -0.39 is 0 Å². The Morgan fingerprint density at radius 3 is 1.37 bits per heavy atom. The minimum absolute atomic E-state index is 0.778. The predicted octanol–water partition coefficient (Wildman–Crippen LogP) is 15.8. The molecule has 0 spiro atoms. The fourth-order valence-electron chi connectivity index (χ4n) is 9.53. The third-order valence-electron chi connectivity index (χ3n) is 12.1. The second kappa shape index (κ2) is 11.5. The summed E-state index contributed by atoms with van der Waals surface area (Å²) in [5.74, 6) is 0. The smallest absolute Gasteiger partial charge is 0.178 e. The van der Waals surface area contributed by atoms with E-state index in [-0.39, 0.29) is 0 Å². The van der Waals surface area contributed by atoms with Crippen molar-refractivity contribution in [3.63, 3.8) is 0 Å². The highest BCUT2D eigenvalue weighted by molar-refractivity contribution is 6.25. The fourth-order valence-corrected chi connectivity index (χ4v) is 9.53. The molecule has 57 heavy (non-hydrogen) atoms. The predicted molar refractivity (Wildman–Crippen MR) is 237 cm³/mol. The molecule has 10 aromatic carbocycles. The van der Waals surface area contributed by atoms with E-state index in [1.54, 1.807) is 0 Å². The number of hydrogen-bond acceptors (Lipinski definition) is 3. The summed E-state index contributed by atoms with van der Waals surface area (Å²) in [5, 5.41) is 13.6. The molecule has 0 amide bonds. The lowest BCUT2D eigenvalue weighted by Crippen LogP contribution is -1.90. The third-order valence-corrected chi connectivity index (χ3v) is 12.1. The highest BCUT2D eigenvalue weighted by Crippen LogP contribution is 2.46. The molecule has 0 aliphatic carbocycles. The quantitative estimate of drug-likeness (QED) is 0.170. The van der Waals surface area contributed by atoms with Crippen LogP contribution in [-0.2, 0) is 0 Å². The van der Waals surface area contributed by atoms with Gasteiger partial charge in [-0.15, -0.1) is 0 Å². The number of para-hydroxylation sites is 1. The van der Waals surface area contributed by atoms with Crippen molar-refractivity contribution >= 4 is 98.1 Å². The number of rotatable bonds is 3. The minimum Gasteiger partial charge on any atom is -0.456 e. The van der Waals surface area contributed by atoms with Gasteiger partial charge in [-0.05, 0) is 109 Å². The van der Waals surface area contributed by atoms with Gasteiger partial charge in [0.1, 0.15) is 22.3 Å². The lowest BCUT2D eigenvalue weighted by Gasteiger charge is -2.17. The van der Waals surface area contributed by atoms with Crippen LogP contribution in [0.4, 0.5) is 0 Å². The maximum atomic E-state index is 6.79. The van der Waals surface area contributed by atoms with Crippen molar-refractivity contribution in [3.05, 3.63) is 182 Å². The van der Waals surface area contributed by atoms with Gasteiger partial charge in [0.25, 0.3) is 0 Å². The lowest BCUT2D eigenvalue weighted by atomic mass is 9.86. The van der Waals surface area contributed by atoms with Gasteiger partial charge in [-0.1, -0.05) is 133 Å². The van der Waals surface area contributed by atoms with E-state index >= 15 is 0 Å². The van der Waals surface area contributed by atoms with Crippen molar-refractivity contribution < 1.29 is 13.3 Å². The van der Waals surface area contributed by atoms with E-state index in [2.05, 4.69) is 164 Å². The first-order valence-electron chi connectivity index (χ1n) is 19.4. The first-order chi connectivity index (χ1) is 28.3. The first kappa shape index (κ1) is 30.7. The molecule has 0 saturated heterocycles. The van der Waals surface area contributed by atoms with Crippen molar-refractivity contribution in [2.75, 3.05) is 0 Å². The Balaban J connectivity index is 0.998. The van der Waals surface area contributed by atoms with Crippen LogP contribution in [0.15, 0.2) is 195 Å². The molecule has 0 N–H and O–H groups in total. The minimum atomic E-state index is 0.778. The van der Waals surface area contributed by atoms with Gasteiger partial charge in [-0.2, -0.15) is 0 Å². The Morgan fingerprint density at radius 2 is 0.684 bits per heavy atom. The van der Waals surface area contributed by atoms with Crippen molar-refractivity contribution in [1.82, 2.24) is 0 Å². The van der Waals surface area contributed by atoms with E-state index in [1.807, 2.05) is 18.2 Å². The maximum Gasteiger partial charge on any atom is 0.178 e. The Morgan fingerprint density at radius 1 is 0.228 bits per heavy atom. The van der Waals surface area contributed by atoms with Crippen LogP contribution in [0.25, 0.3) is 132 Å². The van der Waals surface area contributed by atoms with Crippen LogP contribution in [-0.4, -0.2) is 0 Å². The van der Waals surface area contributed by atoms with Gasteiger partial charge in [0.2, 0.25) is 0 Å². The largest absolute Gasteiger partial charge is 0.456 e. The molecule has 13 rings (SSSR count). The molecule has 3 heteroatoms. The van der Waals surface area contributed by atoms with Crippen LogP contribution < -0.4 is 0 Å². The zero-order valence-corrected chi connectivity index (χ0v) is 30.5. The molecule has 0 aliphatic heterocycles. The fraction of sp³-hybridized carbons (Fsp3) is 0. The summed E-state index contributed by atoms with van der Waals surface area (Å²) in [7, 11) is 0. The van der Waals surface area contributed by atoms with E-state index in [0.29, 0.717) is 0 Å². The molecule has 0 fully saturated rings. The first-order valence-corrected chi connectivity index (χ1v) is 19.4. The zero-order valence-electron chi connectivity index (χ0n) is 30.5. The van der Waals surface area contributed by atoms with Crippen LogP contribution in [0.3, 0.4) is 0 Å². The Hall–Kier alpha value is -7.62. The average Bonchev–Trinajstić information content (AvgIpc) is 3.96. The molecule has 0 bridgehead atoms. The van der Waals surface area contributed by atoms with Crippen LogP contribution in [0, 0.1) is 0 Å². The molecule has 0 aliphatic rings. The standard InChI is InChI=1S/C54H30O3/c1-2-12-31(13-3-1)50-38-16-5-7-18-40(38)51(41-19-8-6-17-39(41)50)33-23-25-37-36-24-22-32(28-48(36)55-49(37)29-33)45-30-46-44-27-26-43-35-15-10-11-21-47(35)56-53(43)54(44)57-52(46)42-20-9-4-14-34(42)45/h1-30H. The van der Waals surface area contributed by atoms with Gasteiger partial charge in [0.05, 0.1) is 0 Å². The molecule has 0 radical (unpaired) electrons. The molecular formula is C54H30O3. The van der Waals surface area contributed by atoms with Gasteiger partial charge in [-0.25, -0.2) is 0 Å². The zero-order chi connectivity index (χ0) is 37.2. The number of hydrogen-bond donors (Lipinski definition) is 0. The molecule has 0 atom stereocenters. The Kier molecular flexibility index (Phi) is 6.16. The monoisotopic (exact) mass is 726 g/mol. The van der Waals surface area contributed by atoms with Gasteiger partial charge in [-0.3, -0.25) is 0 Å². The molecule has 0 unspecified atom stereocenters. The SMILES string of the molecule is c1ccc(-c2c3ccccc3c(-c3ccc4c(c3)oc3cc(-c5cc6c7ccc8c9ccccc9oc8c7oc6c6ccccc56)ccc34)c3ccccc23)cc1. The Bertz CT molecular complexity index is 3750. The van der Waals surface area contributed by atoms with E-state index in [0.717, 1.165) is 93.3 Å². The summed E-state index contributed by atoms with van der Waals surface area (Å²) in [6, 6.07) is 64.9. The van der Waals surface area contributed by atoms with E-state index in [1.165, 1.54) is 38.2 Å². The highest BCUT2D eigenvalue weighted by atomic mass is 16.4.